The van der Waals surface area contributed by atoms with Crippen molar-refractivity contribution in [2.75, 3.05) is 19.6 Å². The van der Waals surface area contributed by atoms with Crippen molar-refractivity contribution in [1.29, 1.82) is 0 Å². The van der Waals surface area contributed by atoms with Gasteiger partial charge in [0.1, 0.15) is 0 Å². The van der Waals surface area contributed by atoms with Crippen molar-refractivity contribution in [3.63, 3.8) is 0 Å². The zero-order valence-electron chi connectivity index (χ0n) is 11.2. The Morgan fingerprint density at radius 3 is 2.56 bits per heavy atom. The number of piperidine rings is 1. The van der Waals surface area contributed by atoms with E-state index in [1.165, 1.54) is 6.20 Å². The lowest BCUT2D eigenvalue weighted by Crippen LogP contribution is -2.43. The molecule has 0 aliphatic carbocycles. The van der Waals surface area contributed by atoms with Crippen LogP contribution in [-0.4, -0.2) is 19.6 Å². The van der Waals surface area contributed by atoms with Gasteiger partial charge in [-0.2, -0.15) is 0 Å². The van der Waals surface area contributed by atoms with Crippen molar-refractivity contribution in [3.8, 4) is 0 Å². The van der Waals surface area contributed by atoms with E-state index in [-0.39, 0.29) is 10.4 Å². The van der Waals surface area contributed by atoms with Gasteiger partial charge in [-0.05, 0) is 37.6 Å². The van der Waals surface area contributed by atoms with Gasteiger partial charge in [-0.25, -0.2) is 4.39 Å². The molecule has 1 spiro atoms. The number of rotatable bonds is 0. The van der Waals surface area contributed by atoms with Crippen LogP contribution >= 0.6 is 11.6 Å². The minimum absolute atomic E-state index is 0.0165. The fraction of sp³-hybridized carbons (Fsp3) is 0.571. The van der Waals surface area contributed by atoms with Gasteiger partial charge in [-0.1, -0.05) is 32.0 Å². The summed E-state index contributed by atoms with van der Waals surface area (Å²) in [5.41, 5.74) is 0.942. The summed E-state index contributed by atoms with van der Waals surface area (Å²) in [7, 11) is 0. The summed E-state index contributed by atoms with van der Waals surface area (Å²) < 4.78 is 13.3. The molecule has 0 saturated carbocycles. The lowest BCUT2D eigenvalue weighted by Gasteiger charge is -2.39. The number of nitrogens with one attached hydrogen (secondary N) is 2. The summed E-state index contributed by atoms with van der Waals surface area (Å²) in [6, 6.07) is 0. The Labute approximate surface area is 114 Å². The smallest absolute Gasteiger partial charge is 0.157 e. The fourth-order valence-electron chi connectivity index (χ4n) is 2.30. The quantitative estimate of drug-likeness (QED) is 0.706. The second kappa shape index (κ2) is 6.95. The minimum atomic E-state index is -0.424. The van der Waals surface area contributed by atoms with Crippen LogP contribution in [0.3, 0.4) is 0 Å². The summed E-state index contributed by atoms with van der Waals surface area (Å²) >= 11 is 5.84. The molecule has 0 bridgehead atoms. The third-order valence-electron chi connectivity index (χ3n) is 3.44. The van der Waals surface area contributed by atoms with Crippen LogP contribution in [0.15, 0.2) is 35.3 Å². The number of hydrogen-bond donors (Lipinski definition) is 2. The molecule has 18 heavy (non-hydrogen) atoms. The lowest BCUT2D eigenvalue weighted by atomic mass is 9.72. The maximum absolute atomic E-state index is 13.3. The Kier molecular flexibility index (Phi) is 5.89. The first-order valence-corrected chi connectivity index (χ1v) is 6.89. The molecule has 0 aromatic heterocycles. The minimum Gasteiger partial charge on any atom is -0.388 e. The molecule has 4 heteroatoms. The topological polar surface area (TPSA) is 24.1 Å². The van der Waals surface area contributed by atoms with Crippen LogP contribution in [0.1, 0.15) is 26.7 Å². The van der Waals surface area contributed by atoms with Crippen LogP contribution in [0.2, 0.25) is 0 Å². The molecule has 2 rings (SSSR count). The van der Waals surface area contributed by atoms with Crippen LogP contribution in [0, 0.1) is 5.41 Å². The molecule has 2 heterocycles. The van der Waals surface area contributed by atoms with Crippen molar-refractivity contribution in [3.05, 3.63) is 35.3 Å². The third-order valence-corrected chi connectivity index (χ3v) is 3.73. The molecule has 2 nitrogen and oxygen atoms in total. The molecule has 102 valence electrons. The van der Waals surface area contributed by atoms with Gasteiger partial charge in [0, 0.05) is 18.2 Å². The monoisotopic (exact) mass is 272 g/mol. The maximum Gasteiger partial charge on any atom is 0.157 e. The predicted octanol–water partition coefficient (Wildman–Crippen LogP) is 3.48. The second-order valence-electron chi connectivity index (χ2n) is 4.42. The summed E-state index contributed by atoms with van der Waals surface area (Å²) in [6.07, 6.45) is 5.03. The Balaban J connectivity index is 0.000000771. The largest absolute Gasteiger partial charge is 0.388 e. The highest BCUT2D eigenvalue weighted by Crippen LogP contribution is 2.38. The zero-order chi connectivity index (χ0) is 13.6. The first-order chi connectivity index (χ1) is 8.64. The van der Waals surface area contributed by atoms with Crippen molar-refractivity contribution >= 4 is 11.6 Å². The van der Waals surface area contributed by atoms with Gasteiger partial charge in [0.05, 0.1) is 5.03 Å². The van der Waals surface area contributed by atoms with Gasteiger partial charge >= 0.3 is 0 Å². The highest BCUT2D eigenvalue weighted by atomic mass is 35.5. The van der Waals surface area contributed by atoms with E-state index < -0.39 is 5.83 Å². The number of hydrogen-bond acceptors (Lipinski definition) is 2. The van der Waals surface area contributed by atoms with Crippen molar-refractivity contribution in [1.82, 2.24) is 10.6 Å². The van der Waals surface area contributed by atoms with Gasteiger partial charge in [-0.3, -0.25) is 0 Å². The highest BCUT2D eigenvalue weighted by molar-refractivity contribution is 6.31. The van der Waals surface area contributed by atoms with Crippen molar-refractivity contribution in [2.24, 2.45) is 5.41 Å². The van der Waals surface area contributed by atoms with E-state index in [4.69, 9.17) is 11.6 Å². The number of halogens is 2. The highest BCUT2D eigenvalue weighted by Gasteiger charge is 2.34. The SMILES string of the molecule is C=C1/C=C(Cl)\C(F)=C/NCC12CCNCC2.CC. The molecule has 0 amide bonds. The average molecular weight is 273 g/mol. The average Bonchev–Trinajstić information content (AvgIpc) is 2.41. The van der Waals surface area contributed by atoms with Gasteiger partial charge in [0.15, 0.2) is 5.83 Å². The van der Waals surface area contributed by atoms with Crippen molar-refractivity contribution in [2.45, 2.75) is 26.7 Å². The van der Waals surface area contributed by atoms with Gasteiger partial charge in [0.2, 0.25) is 0 Å². The number of allylic oxidation sites excluding steroid dienone is 3. The van der Waals surface area contributed by atoms with E-state index in [2.05, 4.69) is 17.2 Å². The Hall–Kier alpha value is -0.800. The summed E-state index contributed by atoms with van der Waals surface area (Å²) in [6.45, 7) is 10.7. The summed E-state index contributed by atoms with van der Waals surface area (Å²) in [5, 5.41) is 6.46. The second-order valence-corrected chi connectivity index (χ2v) is 4.83. The predicted molar refractivity (Wildman–Crippen MR) is 76.2 cm³/mol. The van der Waals surface area contributed by atoms with E-state index in [1.54, 1.807) is 6.08 Å². The van der Waals surface area contributed by atoms with Crippen LogP contribution < -0.4 is 10.6 Å². The lowest BCUT2D eigenvalue weighted by molar-refractivity contribution is 0.256. The molecule has 2 aliphatic heterocycles. The normalized spacial score (nSPS) is 28.6. The van der Waals surface area contributed by atoms with E-state index in [0.29, 0.717) is 0 Å². The van der Waals surface area contributed by atoms with Gasteiger partial charge < -0.3 is 10.6 Å². The van der Waals surface area contributed by atoms with Gasteiger partial charge in [-0.15, -0.1) is 0 Å². The van der Waals surface area contributed by atoms with E-state index >= 15 is 0 Å². The molecule has 2 aliphatic rings. The molecule has 1 saturated heterocycles. The van der Waals surface area contributed by atoms with Crippen LogP contribution in [0.4, 0.5) is 4.39 Å². The van der Waals surface area contributed by atoms with Crippen LogP contribution in [0.5, 0.6) is 0 Å². The molecule has 0 aromatic rings. The molecule has 1 fully saturated rings. The third kappa shape index (κ3) is 3.36. The van der Waals surface area contributed by atoms with Gasteiger partial charge in [0.25, 0.3) is 0 Å². The maximum atomic E-state index is 13.3. The fourth-order valence-corrected chi connectivity index (χ4v) is 2.48. The summed E-state index contributed by atoms with van der Waals surface area (Å²) in [4.78, 5) is 0. The molecule has 2 N–H and O–H groups in total. The molecule has 0 aromatic carbocycles. The van der Waals surface area contributed by atoms with E-state index in [0.717, 1.165) is 38.0 Å². The van der Waals surface area contributed by atoms with Crippen LogP contribution in [-0.2, 0) is 0 Å². The standard InChI is InChI=1S/C12H16ClFN2.C2H6/c1-9-6-10(13)11(14)7-16-8-12(9)2-4-15-5-3-12;1-2/h6-7,15-16H,1-5,8H2;1-2H3/b10-6+,11-7+;. The zero-order valence-corrected chi connectivity index (χ0v) is 11.9. The first kappa shape index (κ1) is 15.3. The Morgan fingerprint density at radius 2 is 1.94 bits per heavy atom. The van der Waals surface area contributed by atoms with Crippen molar-refractivity contribution < 1.29 is 4.39 Å². The molecule has 0 unspecified atom stereocenters. The van der Waals surface area contributed by atoms with E-state index in [1.807, 2.05) is 13.8 Å². The molecular formula is C14H22ClFN2. The molecule has 0 atom stereocenters. The Bertz CT molecular complexity index is 355. The molecular weight excluding hydrogens is 251 g/mol. The van der Waals surface area contributed by atoms with E-state index in [9.17, 15) is 4.39 Å². The Morgan fingerprint density at radius 1 is 1.33 bits per heavy atom. The van der Waals surface area contributed by atoms with Crippen LogP contribution in [0.25, 0.3) is 0 Å². The first-order valence-electron chi connectivity index (χ1n) is 6.51. The molecule has 0 radical (unpaired) electrons. The summed E-state index contributed by atoms with van der Waals surface area (Å²) in [5.74, 6) is -0.424.